The van der Waals surface area contributed by atoms with Crippen molar-refractivity contribution >= 4 is 55.4 Å². The Bertz CT molecular complexity index is 2400. The van der Waals surface area contributed by atoms with Crippen molar-refractivity contribution in [3.63, 3.8) is 0 Å². The Balaban J connectivity index is 1.14. The maximum Gasteiger partial charge on any atom is 0.358 e. The van der Waals surface area contributed by atoms with Gasteiger partial charge in [0.15, 0.2) is 10.8 Å². The van der Waals surface area contributed by atoms with Crippen molar-refractivity contribution in [2.45, 2.75) is 45.9 Å². The molecule has 8 rings (SSSR count). The van der Waals surface area contributed by atoms with E-state index in [4.69, 9.17) is 14.7 Å². The van der Waals surface area contributed by atoms with Crippen molar-refractivity contribution in [3.8, 4) is 11.1 Å². The first-order valence-electron chi connectivity index (χ1n) is 17.0. The van der Waals surface area contributed by atoms with E-state index < -0.39 is 11.6 Å². The van der Waals surface area contributed by atoms with Gasteiger partial charge in [-0.05, 0) is 86.3 Å². The van der Waals surface area contributed by atoms with Gasteiger partial charge in [0.1, 0.15) is 17.1 Å². The summed E-state index contributed by atoms with van der Waals surface area (Å²) in [6.07, 6.45) is 4.55. The number of anilines is 2. The van der Waals surface area contributed by atoms with Gasteiger partial charge < -0.3 is 14.2 Å². The van der Waals surface area contributed by atoms with Crippen LogP contribution in [0.1, 0.15) is 58.3 Å². The van der Waals surface area contributed by atoms with Crippen molar-refractivity contribution in [2.75, 3.05) is 16.8 Å². The largest absolute Gasteiger partial charge is 0.455 e. The Labute approximate surface area is 299 Å². The van der Waals surface area contributed by atoms with E-state index in [9.17, 15) is 9.59 Å². The molecular formula is C41H36N6O3S. The zero-order valence-corrected chi connectivity index (χ0v) is 29.4. The highest BCUT2D eigenvalue weighted by atomic mass is 32.1. The Morgan fingerprint density at radius 2 is 1.71 bits per heavy atom. The maximum absolute atomic E-state index is 13.9. The number of esters is 1. The molecule has 0 aliphatic carbocycles. The van der Waals surface area contributed by atoms with Crippen LogP contribution in [0.4, 0.5) is 10.9 Å². The lowest BCUT2D eigenvalue weighted by molar-refractivity contribution is 0.00638. The molecule has 4 aromatic heterocycles. The number of ether oxygens (including phenoxy) is 1. The lowest BCUT2D eigenvalue weighted by atomic mass is 9.94. The van der Waals surface area contributed by atoms with Gasteiger partial charge in [0.2, 0.25) is 0 Å². The fraction of sp³-hybridized carbons (Fsp3) is 0.195. The number of hydrogen-bond donors (Lipinski definition) is 1. The van der Waals surface area contributed by atoms with Crippen LogP contribution in [-0.2, 0) is 24.2 Å². The lowest BCUT2D eigenvalue weighted by Crippen LogP contribution is -2.33. The average Bonchev–Trinajstić information content (AvgIpc) is 3.71. The van der Waals surface area contributed by atoms with Crippen molar-refractivity contribution < 1.29 is 14.3 Å². The second kappa shape index (κ2) is 13.1. The minimum absolute atomic E-state index is 0.203. The molecule has 9 nitrogen and oxygen atoms in total. The number of thiazole rings is 1. The molecule has 0 unspecified atom stereocenters. The number of nitrogens with zero attached hydrogens (tertiary/aromatic N) is 5. The van der Waals surface area contributed by atoms with E-state index in [2.05, 4.69) is 38.0 Å². The summed E-state index contributed by atoms with van der Waals surface area (Å²) in [7, 11) is 0. The van der Waals surface area contributed by atoms with Crippen molar-refractivity contribution in [1.82, 2.24) is 19.5 Å². The third-order valence-corrected chi connectivity index (χ3v) is 9.90. The molecule has 0 atom stereocenters. The number of rotatable bonds is 7. The van der Waals surface area contributed by atoms with Gasteiger partial charge in [-0.1, -0.05) is 65.9 Å². The molecule has 0 fully saturated rings. The Morgan fingerprint density at radius 3 is 2.53 bits per heavy atom. The second-order valence-electron chi connectivity index (χ2n) is 13.7. The van der Waals surface area contributed by atoms with Gasteiger partial charge in [0.25, 0.3) is 5.91 Å². The summed E-state index contributed by atoms with van der Waals surface area (Å²) >= 11 is 1.45. The number of aromatic nitrogens is 4. The Kier molecular flexibility index (Phi) is 8.31. The van der Waals surface area contributed by atoms with Gasteiger partial charge in [-0.3, -0.25) is 10.1 Å². The molecule has 1 N–H and O–H groups in total. The molecule has 0 bridgehead atoms. The maximum atomic E-state index is 13.9. The first-order chi connectivity index (χ1) is 24.7. The first-order valence-corrected chi connectivity index (χ1v) is 17.8. The van der Waals surface area contributed by atoms with Crippen LogP contribution in [0.15, 0.2) is 109 Å². The Hall–Kier alpha value is -5.87. The molecule has 5 heterocycles. The summed E-state index contributed by atoms with van der Waals surface area (Å²) in [5.74, 6) is -0.0655. The average molecular weight is 693 g/mol. The molecule has 1 amide bonds. The van der Waals surface area contributed by atoms with Crippen LogP contribution in [0, 0.1) is 0 Å². The number of fused-ring (bicyclic) bond motifs is 3. The number of carbonyl (C=O) groups excluding carboxylic acids is 2. The fourth-order valence-corrected chi connectivity index (χ4v) is 7.50. The molecule has 0 saturated heterocycles. The van der Waals surface area contributed by atoms with E-state index in [1.165, 1.54) is 11.3 Å². The molecule has 7 aromatic rings. The highest BCUT2D eigenvalue weighted by Crippen LogP contribution is 2.35. The summed E-state index contributed by atoms with van der Waals surface area (Å²) < 4.78 is 9.05. The van der Waals surface area contributed by atoms with E-state index in [0.717, 1.165) is 49.9 Å². The highest BCUT2D eigenvalue weighted by Gasteiger charge is 2.28. The summed E-state index contributed by atoms with van der Waals surface area (Å²) in [6, 6.07) is 31.7. The zero-order valence-electron chi connectivity index (χ0n) is 28.6. The molecule has 0 radical (unpaired) electrons. The molecular weight excluding hydrogens is 657 g/mol. The number of carbonyl (C=O) groups is 2. The number of para-hydroxylation sites is 1. The SMILES string of the molecule is CC(C)(C)OC(=O)c1nc(N2CCc3cccc(C(=O)Nc4nc5ccccc5s4)c3C2)ccc1-c1cn(Cc2ccccc2)c2ncccc12. The predicted octanol–water partition coefficient (Wildman–Crippen LogP) is 8.53. The normalized spacial score (nSPS) is 13.0. The van der Waals surface area contributed by atoms with Gasteiger partial charge in [0, 0.05) is 54.1 Å². The number of hydrogen-bond acceptors (Lipinski definition) is 8. The van der Waals surface area contributed by atoms with E-state index in [-0.39, 0.29) is 11.6 Å². The van der Waals surface area contributed by atoms with E-state index in [1.54, 1.807) is 6.20 Å². The number of benzene rings is 3. The third kappa shape index (κ3) is 6.58. The molecule has 51 heavy (non-hydrogen) atoms. The van der Waals surface area contributed by atoms with Crippen molar-refractivity contribution in [2.24, 2.45) is 0 Å². The minimum atomic E-state index is -0.718. The second-order valence-corrected chi connectivity index (χ2v) is 14.7. The monoisotopic (exact) mass is 692 g/mol. The fourth-order valence-electron chi connectivity index (χ4n) is 6.64. The Morgan fingerprint density at radius 1 is 0.882 bits per heavy atom. The summed E-state index contributed by atoms with van der Waals surface area (Å²) in [5, 5.41) is 4.50. The summed E-state index contributed by atoms with van der Waals surface area (Å²) in [4.78, 5) is 44.0. The molecule has 0 spiro atoms. The van der Waals surface area contributed by atoms with Gasteiger partial charge in [-0.15, -0.1) is 0 Å². The third-order valence-electron chi connectivity index (χ3n) is 8.95. The number of pyridine rings is 2. The van der Waals surface area contributed by atoms with Crippen LogP contribution in [0.5, 0.6) is 0 Å². The van der Waals surface area contributed by atoms with Crippen LogP contribution in [0.25, 0.3) is 32.4 Å². The van der Waals surface area contributed by atoms with Crippen LogP contribution >= 0.6 is 11.3 Å². The number of nitrogens with one attached hydrogen (secondary N) is 1. The standard InChI is InChI=1S/C41H36N6O3S/c1-41(2,3)50-39(49)36-28(32-25-47(23-26-11-5-4-6-12-26)37-29(32)15-10-21-42-37)18-19-35(44-36)46-22-20-27-13-9-14-30(31(27)24-46)38(48)45-40-43-33-16-7-8-17-34(33)51-40/h4-19,21,25H,20,22-24H2,1-3H3,(H,43,45,48). The quantitative estimate of drug-likeness (QED) is 0.167. The van der Waals surface area contributed by atoms with Crippen LogP contribution in [0.3, 0.4) is 0 Å². The van der Waals surface area contributed by atoms with Gasteiger partial charge in [-0.2, -0.15) is 0 Å². The van der Waals surface area contributed by atoms with E-state index >= 15 is 0 Å². The molecule has 10 heteroatoms. The van der Waals surface area contributed by atoms with Crippen LogP contribution in [0.2, 0.25) is 0 Å². The van der Waals surface area contributed by atoms with E-state index in [0.29, 0.717) is 41.7 Å². The summed E-state index contributed by atoms with van der Waals surface area (Å²) in [6.45, 7) is 7.32. The van der Waals surface area contributed by atoms with Gasteiger partial charge >= 0.3 is 5.97 Å². The lowest BCUT2D eigenvalue weighted by Gasteiger charge is -2.31. The smallest absolute Gasteiger partial charge is 0.358 e. The highest BCUT2D eigenvalue weighted by molar-refractivity contribution is 7.22. The first kappa shape index (κ1) is 32.3. The summed E-state index contributed by atoms with van der Waals surface area (Å²) in [5.41, 5.74) is 6.50. The van der Waals surface area contributed by atoms with Crippen molar-refractivity contribution in [3.05, 3.63) is 137 Å². The molecule has 1 aliphatic heterocycles. The minimum Gasteiger partial charge on any atom is -0.455 e. The topological polar surface area (TPSA) is 102 Å². The molecule has 0 saturated carbocycles. The van der Waals surface area contributed by atoms with Crippen molar-refractivity contribution in [1.29, 1.82) is 0 Å². The molecule has 3 aromatic carbocycles. The molecule has 1 aliphatic rings. The van der Waals surface area contributed by atoms with Gasteiger partial charge in [0.05, 0.1) is 10.2 Å². The van der Waals surface area contributed by atoms with Gasteiger partial charge in [-0.25, -0.2) is 19.7 Å². The van der Waals surface area contributed by atoms with E-state index in [1.807, 2.05) is 106 Å². The molecule has 254 valence electrons. The zero-order chi connectivity index (χ0) is 35.1. The van der Waals surface area contributed by atoms with Crippen LogP contribution < -0.4 is 10.2 Å². The number of amides is 1. The predicted molar refractivity (Wildman–Crippen MR) is 202 cm³/mol. The van der Waals surface area contributed by atoms with Crippen LogP contribution in [-0.4, -0.2) is 43.5 Å².